The second-order valence-electron chi connectivity index (χ2n) is 6.23. The van der Waals surface area contributed by atoms with Crippen LogP contribution in [0.3, 0.4) is 0 Å². The standard InChI is InChI=1S/C20H22N2O4/c1-3-24-12-8-9-13(17(10-12)25-4-2)18-14(11-21)20(22)26-16-7-5-6-15(23)19(16)18/h8-10,14,18,22H,3-7H2,1-2H3. The zero-order chi connectivity index (χ0) is 18.7. The first-order chi connectivity index (χ1) is 12.6. The molecular formula is C20H22N2O4. The number of rotatable bonds is 5. The van der Waals surface area contributed by atoms with Crippen LogP contribution in [0.1, 0.15) is 44.6 Å². The highest BCUT2D eigenvalue weighted by molar-refractivity contribution is 6.01. The van der Waals surface area contributed by atoms with E-state index >= 15 is 0 Å². The van der Waals surface area contributed by atoms with Crippen molar-refractivity contribution in [3.63, 3.8) is 0 Å². The third-order valence-corrected chi connectivity index (χ3v) is 4.64. The molecule has 136 valence electrons. The Labute approximate surface area is 152 Å². The van der Waals surface area contributed by atoms with Crippen molar-refractivity contribution in [1.29, 1.82) is 10.7 Å². The average molecular weight is 354 g/mol. The van der Waals surface area contributed by atoms with Crippen molar-refractivity contribution >= 4 is 11.7 Å². The number of allylic oxidation sites excluding steroid dienone is 2. The molecule has 0 aromatic heterocycles. The van der Waals surface area contributed by atoms with Crippen LogP contribution in [-0.4, -0.2) is 24.9 Å². The topological polar surface area (TPSA) is 92.4 Å². The van der Waals surface area contributed by atoms with Crippen LogP contribution in [0.25, 0.3) is 0 Å². The number of ketones is 1. The van der Waals surface area contributed by atoms with Crippen molar-refractivity contribution in [3.05, 3.63) is 35.1 Å². The maximum Gasteiger partial charge on any atom is 0.205 e. The molecule has 0 radical (unpaired) electrons. The monoisotopic (exact) mass is 354 g/mol. The quantitative estimate of drug-likeness (QED) is 0.870. The Morgan fingerprint density at radius 3 is 2.73 bits per heavy atom. The van der Waals surface area contributed by atoms with Crippen LogP contribution in [0, 0.1) is 22.7 Å². The summed E-state index contributed by atoms with van der Waals surface area (Å²) >= 11 is 0. The molecule has 1 aromatic rings. The van der Waals surface area contributed by atoms with Gasteiger partial charge in [-0.05, 0) is 26.3 Å². The van der Waals surface area contributed by atoms with E-state index < -0.39 is 11.8 Å². The van der Waals surface area contributed by atoms with Crippen LogP contribution < -0.4 is 9.47 Å². The molecule has 0 saturated heterocycles. The van der Waals surface area contributed by atoms with E-state index in [2.05, 4.69) is 6.07 Å². The van der Waals surface area contributed by atoms with Gasteiger partial charge in [-0.1, -0.05) is 6.07 Å². The Kier molecular flexibility index (Phi) is 5.27. The molecule has 1 N–H and O–H groups in total. The SMILES string of the molecule is CCOc1ccc(C2C3=C(CCCC3=O)OC(=N)C2C#N)c(OCC)c1. The molecule has 0 fully saturated rings. The van der Waals surface area contributed by atoms with Crippen LogP contribution in [0.2, 0.25) is 0 Å². The summed E-state index contributed by atoms with van der Waals surface area (Å²) < 4.78 is 16.9. The van der Waals surface area contributed by atoms with Crippen molar-refractivity contribution in [2.75, 3.05) is 13.2 Å². The van der Waals surface area contributed by atoms with Gasteiger partial charge in [0.05, 0.1) is 19.3 Å². The second kappa shape index (κ2) is 7.61. The third-order valence-electron chi connectivity index (χ3n) is 4.64. The lowest BCUT2D eigenvalue weighted by molar-refractivity contribution is -0.116. The summed E-state index contributed by atoms with van der Waals surface area (Å²) in [4.78, 5) is 12.6. The van der Waals surface area contributed by atoms with Gasteiger partial charge in [0.15, 0.2) is 5.78 Å². The highest BCUT2D eigenvalue weighted by Gasteiger charge is 2.43. The summed E-state index contributed by atoms with van der Waals surface area (Å²) in [5, 5.41) is 17.8. The average Bonchev–Trinajstić information content (AvgIpc) is 2.62. The number of carbonyl (C=O) groups excluding carboxylic acids is 1. The van der Waals surface area contributed by atoms with E-state index in [9.17, 15) is 10.1 Å². The first-order valence-electron chi connectivity index (χ1n) is 8.92. The molecule has 3 rings (SSSR count). The van der Waals surface area contributed by atoms with E-state index in [1.807, 2.05) is 26.0 Å². The fourth-order valence-corrected chi connectivity index (χ4v) is 3.58. The van der Waals surface area contributed by atoms with E-state index in [4.69, 9.17) is 19.6 Å². The van der Waals surface area contributed by atoms with Gasteiger partial charge in [-0.3, -0.25) is 10.2 Å². The van der Waals surface area contributed by atoms with Crippen LogP contribution in [0.5, 0.6) is 11.5 Å². The van der Waals surface area contributed by atoms with Crippen LogP contribution in [-0.2, 0) is 9.53 Å². The van der Waals surface area contributed by atoms with Gasteiger partial charge in [-0.25, -0.2) is 0 Å². The predicted molar refractivity (Wildman–Crippen MR) is 95.3 cm³/mol. The molecule has 6 nitrogen and oxygen atoms in total. The minimum atomic E-state index is -0.854. The Morgan fingerprint density at radius 1 is 1.27 bits per heavy atom. The van der Waals surface area contributed by atoms with E-state index in [0.29, 0.717) is 55.3 Å². The van der Waals surface area contributed by atoms with Crippen LogP contribution >= 0.6 is 0 Å². The van der Waals surface area contributed by atoms with Gasteiger partial charge in [-0.15, -0.1) is 0 Å². The summed E-state index contributed by atoms with van der Waals surface area (Å²) in [6, 6.07) is 7.56. The number of benzene rings is 1. The van der Waals surface area contributed by atoms with E-state index in [1.54, 1.807) is 6.07 Å². The van der Waals surface area contributed by atoms with Crippen LogP contribution in [0.15, 0.2) is 29.5 Å². The molecule has 26 heavy (non-hydrogen) atoms. The fraction of sp³-hybridized carbons (Fsp3) is 0.450. The van der Waals surface area contributed by atoms with E-state index in [1.165, 1.54) is 0 Å². The molecule has 0 amide bonds. The molecule has 0 bridgehead atoms. The van der Waals surface area contributed by atoms with Gasteiger partial charge >= 0.3 is 0 Å². The number of nitrogens with one attached hydrogen (secondary N) is 1. The molecule has 0 spiro atoms. The lowest BCUT2D eigenvalue weighted by Gasteiger charge is -2.34. The summed E-state index contributed by atoms with van der Waals surface area (Å²) in [5.41, 5.74) is 1.24. The van der Waals surface area contributed by atoms with Crippen LogP contribution in [0.4, 0.5) is 0 Å². The number of hydrogen-bond acceptors (Lipinski definition) is 6. The first kappa shape index (κ1) is 18.0. The number of carbonyl (C=O) groups is 1. The molecule has 2 unspecified atom stereocenters. The zero-order valence-corrected chi connectivity index (χ0v) is 15.0. The first-order valence-corrected chi connectivity index (χ1v) is 8.92. The highest BCUT2D eigenvalue weighted by Crippen LogP contribution is 2.46. The summed E-state index contributed by atoms with van der Waals surface area (Å²) in [6.07, 6.45) is 1.75. The Hall–Kier alpha value is -2.81. The normalized spacial score (nSPS) is 22.3. The maximum atomic E-state index is 12.6. The van der Waals surface area contributed by atoms with Gasteiger partial charge in [0.2, 0.25) is 5.90 Å². The van der Waals surface area contributed by atoms with E-state index in [-0.39, 0.29) is 11.7 Å². The van der Waals surface area contributed by atoms with Gasteiger partial charge in [0, 0.05) is 36.0 Å². The molecule has 0 saturated carbocycles. The molecule has 1 aliphatic heterocycles. The summed E-state index contributed by atoms with van der Waals surface area (Å²) in [5.74, 6) is 0.235. The van der Waals surface area contributed by atoms with Gasteiger partial charge < -0.3 is 14.2 Å². The largest absolute Gasteiger partial charge is 0.494 e. The van der Waals surface area contributed by atoms with Crippen molar-refractivity contribution in [3.8, 4) is 17.6 Å². The van der Waals surface area contributed by atoms with Crippen molar-refractivity contribution in [2.24, 2.45) is 5.92 Å². The number of hydrogen-bond donors (Lipinski definition) is 1. The van der Waals surface area contributed by atoms with Gasteiger partial charge in [0.1, 0.15) is 23.2 Å². The molecule has 2 atom stereocenters. The van der Waals surface area contributed by atoms with Crippen molar-refractivity contribution < 1.29 is 19.0 Å². The lowest BCUT2D eigenvalue weighted by atomic mass is 9.74. The molecule has 1 aromatic carbocycles. The minimum Gasteiger partial charge on any atom is -0.494 e. The van der Waals surface area contributed by atoms with Gasteiger partial charge in [0.25, 0.3) is 0 Å². The Balaban J connectivity index is 2.16. The third kappa shape index (κ3) is 3.17. The van der Waals surface area contributed by atoms with E-state index in [0.717, 1.165) is 5.56 Å². The number of ether oxygens (including phenoxy) is 3. The predicted octanol–water partition coefficient (Wildman–Crippen LogP) is 3.72. The fourth-order valence-electron chi connectivity index (χ4n) is 3.58. The molecular weight excluding hydrogens is 332 g/mol. The smallest absolute Gasteiger partial charge is 0.205 e. The molecule has 1 aliphatic carbocycles. The van der Waals surface area contributed by atoms with Gasteiger partial charge in [-0.2, -0.15) is 5.26 Å². The number of nitriles is 1. The summed E-state index contributed by atoms with van der Waals surface area (Å²) in [7, 11) is 0. The lowest BCUT2D eigenvalue weighted by Crippen LogP contribution is -2.34. The molecule has 2 aliphatic rings. The number of Topliss-reactive ketones (excluding diaryl/α,β-unsaturated/α-hetero) is 1. The Bertz CT molecular complexity index is 807. The maximum absolute atomic E-state index is 12.6. The zero-order valence-electron chi connectivity index (χ0n) is 15.0. The highest BCUT2D eigenvalue weighted by atomic mass is 16.5. The second-order valence-corrected chi connectivity index (χ2v) is 6.23. The summed E-state index contributed by atoms with van der Waals surface area (Å²) in [6.45, 7) is 4.75. The molecule has 1 heterocycles. The van der Waals surface area contributed by atoms with Crippen molar-refractivity contribution in [2.45, 2.75) is 39.0 Å². The van der Waals surface area contributed by atoms with Crippen molar-refractivity contribution in [1.82, 2.24) is 0 Å². The Morgan fingerprint density at radius 2 is 2.04 bits per heavy atom. The minimum absolute atomic E-state index is 0.0136. The molecule has 6 heteroatoms. The number of nitrogens with zero attached hydrogens (tertiary/aromatic N) is 1.